The average molecular weight is 260 g/mol. The normalized spacial score (nSPS) is 20.5. The molecule has 1 saturated heterocycles. The molecule has 3 rings (SSSR count). The fraction of sp³-hybridized carbons (Fsp3) is 0.600. The molecule has 2 aliphatic rings. The second-order valence-electron chi connectivity index (χ2n) is 5.57. The number of amides is 1. The summed E-state index contributed by atoms with van der Waals surface area (Å²) in [5.41, 5.74) is 1.88. The predicted octanol–water partition coefficient (Wildman–Crippen LogP) is 2.19. The fourth-order valence-corrected chi connectivity index (χ4v) is 3.23. The van der Waals surface area contributed by atoms with Crippen LogP contribution < -0.4 is 0 Å². The van der Waals surface area contributed by atoms with Crippen molar-refractivity contribution in [3.05, 3.63) is 23.5 Å². The molecule has 1 amide bonds. The molecule has 1 fully saturated rings. The van der Waals surface area contributed by atoms with Gasteiger partial charge in [-0.1, -0.05) is 0 Å². The van der Waals surface area contributed by atoms with E-state index in [-0.39, 0.29) is 17.7 Å². The first-order valence-corrected chi connectivity index (χ1v) is 7.20. The first-order valence-electron chi connectivity index (χ1n) is 7.20. The molecule has 0 aromatic carbocycles. The Hall–Kier alpha value is -1.58. The highest BCUT2D eigenvalue weighted by Gasteiger charge is 2.28. The maximum absolute atomic E-state index is 12.4. The van der Waals surface area contributed by atoms with Gasteiger partial charge in [-0.05, 0) is 38.7 Å². The summed E-state index contributed by atoms with van der Waals surface area (Å²) in [4.78, 5) is 26.2. The molecule has 1 unspecified atom stereocenters. The number of hydrogen-bond donors (Lipinski definition) is 0. The SMILES string of the molecule is CC(C(=O)N1CCCC1)n1ccc2c1CCCC2=O. The van der Waals surface area contributed by atoms with E-state index in [0.717, 1.165) is 50.0 Å². The number of likely N-dealkylation sites (tertiary alicyclic amines) is 1. The van der Waals surface area contributed by atoms with Gasteiger partial charge >= 0.3 is 0 Å². The molecular weight excluding hydrogens is 240 g/mol. The third-order valence-corrected chi connectivity index (χ3v) is 4.33. The van der Waals surface area contributed by atoms with E-state index in [9.17, 15) is 9.59 Å². The maximum atomic E-state index is 12.4. The highest BCUT2D eigenvalue weighted by Crippen LogP contribution is 2.26. The van der Waals surface area contributed by atoms with Gasteiger partial charge in [0.05, 0.1) is 0 Å². The summed E-state index contributed by atoms with van der Waals surface area (Å²) in [5, 5.41) is 0. The average Bonchev–Trinajstić information content (AvgIpc) is 3.07. The lowest BCUT2D eigenvalue weighted by molar-refractivity contribution is -0.133. The van der Waals surface area contributed by atoms with Crippen LogP contribution in [0.1, 0.15) is 54.7 Å². The monoisotopic (exact) mass is 260 g/mol. The summed E-state index contributed by atoms with van der Waals surface area (Å²) in [6, 6.07) is 1.69. The van der Waals surface area contributed by atoms with E-state index in [1.807, 2.05) is 28.7 Å². The van der Waals surface area contributed by atoms with Gasteiger partial charge < -0.3 is 9.47 Å². The van der Waals surface area contributed by atoms with Crippen molar-refractivity contribution in [2.75, 3.05) is 13.1 Å². The van der Waals surface area contributed by atoms with Crippen molar-refractivity contribution in [3.63, 3.8) is 0 Å². The Balaban J connectivity index is 1.85. The van der Waals surface area contributed by atoms with Gasteiger partial charge in [-0.3, -0.25) is 9.59 Å². The number of ketones is 1. The molecule has 1 aliphatic heterocycles. The van der Waals surface area contributed by atoms with Gasteiger partial charge in [0.15, 0.2) is 5.78 Å². The predicted molar refractivity (Wildman–Crippen MR) is 72.2 cm³/mol. The van der Waals surface area contributed by atoms with Gasteiger partial charge in [-0.25, -0.2) is 0 Å². The van der Waals surface area contributed by atoms with Crippen molar-refractivity contribution < 1.29 is 9.59 Å². The molecule has 1 aromatic rings. The molecule has 0 N–H and O–H groups in total. The molecule has 1 atom stereocenters. The first kappa shape index (κ1) is 12.5. The largest absolute Gasteiger partial charge is 0.341 e. The molecule has 2 heterocycles. The number of nitrogens with zero attached hydrogens (tertiary/aromatic N) is 2. The first-order chi connectivity index (χ1) is 9.18. The highest BCUT2D eigenvalue weighted by atomic mass is 16.2. The summed E-state index contributed by atoms with van der Waals surface area (Å²) < 4.78 is 2.01. The van der Waals surface area contributed by atoms with Gasteiger partial charge in [-0.15, -0.1) is 0 Å². The number of hydrogen-bond acceptors (Lipinski definition) is 2. The van der Waals surface area contributed by atoms with Crippen LogP contribution in [-0.2, 0) is 11.2 Å². The second kappa shape index (κ2) is 4.83. The number of carbonyl (C=O) groups excluding carboxylic acids is 2. The number of aromatic nitrogens is 1. The quantitative estimate of drug-likeness (QED) is 0.818. The Bertz CT molecular complexity index is 512. The standard InChI is InChI=1S/C15H20N2O2/c1-11(15(19)16-8-2-3-9-16)17-10-7-12-13(17)5-4-6-14(12)18/h7,10-11H,2-6,8-9H2,1H3. The second-order valence-corrected chi connectivity index (χ2v) is 5.57. The molecule has 102 valence electrons. The molecule has 19 heavy (non-hydrogen) atoms. The van der Waals surface area contributed by atoms with Crippen LogP contribution >= 0.6 is 0 Å². The number of fused-ring (bicyclic) bond motifs is 1. The minimum atomic E-state index is -0.187. The number of Topliss-reactive ketones (excluding diaryl/α,β-unsaturated/α-hetero) is 1. The Morgan fingerprint density at radius 1 is 1.21 bits per heavy atom. The third kappa shape index (κ3) is 2.09. The van der Waals surface area contributed by atoms with Crippen LogP contribution in [0.4, 0.5) is 0 Å². The molecule has 0 bridgehead atoms. The van der Waals surface area contributed by atoms with E-state index >= 15 is 0 Å². The van der Waals surface area contributed by atoms with Crippen LogP contribution in [0.3, 0.4) is 0 Å². The molecule has 1 aliphatic carbocycles. The smallest absolute Gasteiger partial charge is 0.245 e. The van der Waals surface area contributed by atoms with Crippen molar-refractivity contribution in [1.82, 2.24) is 9.47 Å². The Morgan fingerprint density at radius 2 is 1.95 bits per heavy atom. The van der Waals surface area contributed by atoms with Crippen LogP contribution in [-0.4, -0.2) is 34.2 Å². The van der Waals surface area contributed by atoms with Crippen LogP contribution in [0, 0.1) is 0 Å². The van der Waals surface area contributed by atoms with Gasteiger partial charge in [0, 0.05) is 37.0 Å². The van der Waals surface area contributed by atoms with Crippen molar-refractivity contribution in [3.8, 4) is 0 Å². The summed E-state index contributed by atoms with van der Waals surface area (Å²) >= 11 is 0. The molecule has 0 spiro atoms. The van der Waals surface area contributed by atoms with Gasteiger partial charge in [0.25, 0.3) is 0 Å². The minimum Gasteiger partial charge on any atom is -0.341 e. The topological polar surface area (TPSA) is 42.3 Å². The van der Waals surface area contributed by atoms with Crippen molar-refractivity contribution in [2.24, 2.45) is 0 Å². The van der Waals surface area contributed by atoms with E-state index < -0.39 is 0 Å². The third-order valence-electron chi connectivity index (χ3n) is 4.33. The summed E-state index contributed by atoms with van der Waals surface area (Å²) in [7, 11) is 0. The zero-order valence-electron chi connectivity index (χ0n) is 11.4. The van der Waals surface area contributed by atoms with Crippen LogP contribution in [0.25, 0.3) is 0 Å². The Labute approximate surface area is 113 Å². The van der Waals surface area contributed by atoms with E-state index in [1.165, 1.54) is 0 Å². The molecule has 0 radical (unpaired) electrons. The lowest BCUT2D eigenvalue weighted by Gasteiger charge is -2.24. The van der Waals surface area contributed by atoms with Crippen molar-refractivity contribution in [1.29, 1.82) is 0 Å². The molecule has 4 heteroatoms. The van der Waals surface area contributed by atoms with Gasteiger partial charge in [-0.2, -0.15) is 0 Å². The van der Waals surface area contributed by atoms with Crippen molar-refractivity contribution in [2.45, 2.75) is 45.1 Å². The maximum Gasteiger partial charge on any atom is 0.245 e. The lowest BCUT2D eigenvalue weighted by Crippen LogP contribution is -2.34. The highest BCUT2D eigenvalue weighted by molar-refractivity contribution is 5.98. The van der Waals surface area contributed by atoms with Gasteiger partial charge in [0.1, 0.15) is 6.04 Å². The summed E-state index contributed by atoms with van der Waals surface area (Å²) in [6.45, 7) is 3.71. The van der Waals surface area contributed by atoms with E-state index in [1.54, 1.807) is 0 Å². The molecular formula is C15H20N2O2. The Kier molecular flexibility index (Phi) is 3.17. The molecule has 0 saturated carbocycles. The number of rotatable bonds is 2. The van der Waals surface area contributed by atoms with Crippen LogP contribution in [0.5, 0.6) is 0 Å². The van der Waals surface area contributed by atoms with E-state index in [0.29, 0.717) is 6.42 Å². The molecule has 4 nitrogen and oxygen atoms in total. The van der Waals surface area contributed by atoms with Crippen molar-refractivity contribution >= 4 is 11.7 Å². The van der Waals surface area contributed by atoms with Crippen LogP contribution in [0.2, 0.25) is 0 Å². The zero-order chi connectivity index (χ0) is 13.4. The van der Waals surface area contributed by atoms with E-state index in [2.05, 4.69) is 0 Å². The van der Waals surface area contributed by atoms with E-state index in [4.69, 9.17) is 0 Å². The van der Waals surface area contributed by atoms with Crippen LogP contribution in [0.15, 0.2) is 12.3 Å². The zero-order valence-corrected chi connectivity index (χ0v) is 11.4. The summed E-state index contributed by atoms with van der Waals surface area (Å²) in [6.07, 6.45) is 6.59. The Morgan fingerprint density at radius 3 is 2.68 bits per heavy atom. The lowest BCUT2D eigenvalue weighted by atomic mass is 9.96. The fourth-order valence-electron chi connectivity index (χ4n) is 3.23. The minimum absolute atomic E-state index is 0.187. The molecule has 1 aromatic heterocycles. The summed E-state index contributed by atoms with van der Waals surface area (Å²) in [5.74, 6) is 0.412. The van der Waals surface area contributed by atoms with Gasteiger partial charge in [0.2, 0.25) is 5.91 Å². The number of carbonyl (C=O) groups is 2.